The summed E-state index contributed by atoms with van der Waals surface area (Å²) in [4.78, 5) is 0. The van der Waals surface area contributed by atoms with Gasteiger partial charge in [0, 0.05) is 0 Å². The van der Waals surface area contributed by atoms with Crippen molar-refractivity contribution in [3.63, 3.8) is 0 Å². The third kappa shape index (κ3) is 4.23. The van der Waals surface area contributed by atoms with E-state index >= 15 is 0 Å². The number of allylic oxidation sites excluding steroid dienone is 2. The standard InChI is InChI=1S/C26H30P/c1-22(2)14-13-15-23(3)27(24-16-7-4-8-17-24,25-18-9-5-10-19-25)26-20-11-6-12-21-26/h4-12,14,16-21,23H,13,15H2,1-3H3/q+1. The van der Waals surface area contributed by atoms with Crippen molar-refractivity contribution in [3.8, 4) is 0 Å². The van der Waals surface area contributed by atoms with Crippen molar-refractivity contribution in [2.45, 2.75) is 39.3 Å². The number of rotatable bonds is 7. The van der Waals surface area contributed by atoms with E-state index in [0.29, 0.717) is 5.66 Å². The van der Waals surface area contributed by atoms with Crippen LogP contribution in [0.2, 0.25) is 0 Å². The summed E-state index contributed by atoms with van der Waals surface area (Å²) in [5.74, 6) is 0. The molecule has 1 atom stereocenters. The van der Waals surface area contributed by atoms with Gasteiger partial charge in [0.2, 0.25) is 0 Å². The molecule has 0 nitrogen and oxygen atoms in total. The molecule has 1 unspecified atom stereocenters. The lowest BCUT2D eigenvalue weighted by atomic mass is 10.2. The number of hydrogen-bond acceptors (Lipinski definition) is 0. The highest BCUT2D eigenvalue weighted by Crippen LogP contribution is 2.60. The quantitative estimate of drug-likeness (QED) is 0.346. The Morgan fingerprint density at radius 2 is 1.07 bits per heavy atom. The maximum atomic E-state index is 2.46. The summed E-state index contributed by atoms with van der Waals surface area (Å²) >= 11 is 0. The first kappa shape index (κ1) is 19.6. The molecule has 0 saturated carbocycles. The molecule has 0 aromatic heterocycles. The summed E-state index contributed by atoms with van der Waals surface area (Å²) in [6, 6.07) is 33.6. The topological polar surface area (TPSA) is 0 Å². The largest absolute Gasteiger partial charge is 0.114 e. The van der Waals surface area contributed by atoms with E-state index in [2.05, 4.69) is 118 Å². The monoisotopic (exact) mass is 373 g/mol. The van der Waals surface area contributed by atoms with E-state index in [-0.39, 0.29) is 0 Å². The smallest absolute Gasteiger partial charge is 0.0857 e. The molecule has 0 aliphatic rings. The lowest BCUT2D eigenvalue weighted by Crippen LogP contribution is -2.37. The minimum atomic E-state index is -1.73. The fourth-order valence-electron chi connectivity index (χ4n) is 4.01. The molecular formula is C26H30P+. The maximum Gasteiger partial charge on any atom is 0.114 e. The van der Waals surface area contributed by atoms with Crippen LogP contribution in [0.15, 0.2) is 103 Å². The van der Waals surface area contributed by atoms with Gasteiger partial charge in [-0.1, -0.05) is 66.2 Å². The Labute approximate surface area is 165 Å². The average Bonchev–Trinajstić information content (AvgIpc) is 2.71. The van der Waals surface area contributed by atoms with Gasteiger partial charge < -0.3 is 0 Å². The van der Waals surface area contributed by atoms with Crippen LogP contribution in [-0.2, 0) is 0 Å². The molecule has 3 rings (SSSR count). The van der Waals surface area contributed by atoms with E-state index < -0.39 is 7.26 Å². The van der Waals surface area contributed by atoms with Gasteiger partial charge in [-0.05, 0) is 70.0 Å². The minimum absolute atomic E-state index is 0.570. The molecule has 3 aromatic rings. The van der Waals surface area contributed by atoms with Crippen LogP contribution in [0.5, 0.6) is 0 Å². The Balaban J connectivity index is 2.21. The molecule has 0 N–H and O–H groups in total. The Kier molecular flexibility index (Phi) is 6.64. The van der Waals surface area contributed by atoms with Crippen molar-refractivity contribution in [2.75, 3.05) is 0 Å². The van der Waals surface area contributed by atoms with Crippen LogP contribution in [-0.4, -0.2) is 5.66 Å². The molecular weight excluding hydrogens is 343 g/mol. The molecule has 1 heteroatoms. The second-order valence-electron chi connectivity index (χ2n) is 7.44. The number of benzene rings is 3. The first-order chi connectivity index (χ1) is 13.2. The van der Waals surface area contributed by atoms with Gasteiger partial charge in [0.1, 0.15) is 23.2 Å². The summed E-state index contributed by atoms with van der Waals surface area (Å²) in [6.45, 7) is 6.84. The third-order valence-electron chi connectivity index (χ3n) is 5.29. The van der Waals surface area contributed by atoms with Gasteiger partial charge in [-0.2, -0.15) is 0 Å². The first-order valence-electron chi connectivity index (χ1n) is 9.84. The van der Waals surface area contributed by atoms with Gasteiger partial charge in [0.15, 0.2) is 0 Å². The predicted octanol–water partition coefficient (Wildman–Crippen LogP) is 6.12. The normalized spacial score (nSPS) is 12.4. The highest BCUT2D eigenvalue weighted by molar-refractivity contribution is 7.96. The Hall–Kier alpha value is -2.17. The Bertz CT molecular complexity index is 750. The SMILES string of the molecule is CC(C)=CCCC(C)[P+](c1ccccc1)(c1ccccc1)c1ccccc1. The lowest BCUT2D eigenvalue weighted by Gasteiger charge is -2.33. The molecule has 0 saturated heterocycles. The number of hydrogen-bond donors (Lipinski definition) is 0. The zero-order chi connectivity index (χ0) is 19.1. The van der Waals surface area contributed by atoms with Gasteiger partial charge in [0.25, 0.3) is 0 Å². The Morgan fingerprint density at radius 1 is 0.704 bits per heavy atom. The molecule has 0 heterocycles. The third-order valence-corrected chi connectivity index (χ3v) is 10.2. The van der Waals surface area contributed by atoms with Crippen LogP contribution < -0.4 is 15.9 Å². The average molecular weight is 374 g/mol. The van der Waals surface area contributed by atoms with Crippen molar-refractivity contribution in [3.05, 3.63) is 103 Å². The van der Waals surface area contributed by atoms with Crippen molar-refractivity contribution >= 4 is 23.2 Å². The minimum Gasteiger partial charge on any atom is -0.0857 e. The van der Waals surface area contributed by atoms with Crippen LogP contribution in [0, 0.1) is 0 Å². The summed E-state index contributed by atoms with van der Waals surface area (Å²) < 4.78 is 0. The summed E-state index contributed by atoms with van der Waals surface area (Å²) in [7, 11) is -1.73. The van der Waals surface area contributed by atoms with Crippen molar-refractivity contribution in [1.29, 1.82) is 0 Å². The second-order valence-corrected chi connectivity index (χ2v) is 11.3. The van der Waals surface area contributed by atoms with Gasteiger partial charge in [-0.25, -0.2) is 0 Å². The van der Waals surface area contributed by atoms with E-state index in [9.17, 15) is 0 Å². The molecule has 0 bridgehead atoms. The predicted molar refractivity (Wildman–Crippen MR) is 123 cm³/mol. The zero-order valence-electron chi connectivity index (χ0n) is 16.7. The van der Waals surface area contributed by atoms with Crippen LogP contribution >= 0.6 is 7.26 Å². The second kappa shape index (κ2) is 9.16. The fourth-order valence-corrected chi connectivity index (χ4v) is 8.89. The van der Waals surface area contributed by atoms with Crippen LogP contribution in [0.1, 0.15) is 33.6 Å². The van der Waals surface area contributed by atoms with Crippen molar-refractivity contribution in [2.24, 2.45) is 0 Å². The van der Waals surface area contributed by atoms with E-state index in [1.807, 2.05) is 0 Å². The molecule has 0 amide bonds. The highest BCUT2D eigenvalue weighted by atomic mass is 31.2. The van der Waals surface area contributed by atoms with Crippen LogP contribution in [0.3, 0.4) is 0 Å². The molecule has 0 aliphatic carbocycles. The molecule has 0 spiro atoms. The van der Waals surface area contributed by atoms with Crippen molar-refractivity contribution in [1.82, 2.24) is 0 Å². The zero-order valence-corrected chi connectivity index (χ0v) is 17.6. The van der Waals surface area contributed by atoms with Gasteiger partial charge >= 0.3 is 0 Å². The van der Waals surface area contributed by atoms with E-state index in [0.717, 1.165) is 6.42 Å². The van der Waals surface area contributed by atoms with Crippen LogP contribution in [0.25, 0.3) is 0 Å². The molecule has 0 radical (unpaired) electrons. The lowest BCUT2D eigenvalue weighted by molar-refractivity contribution is 0.818. The Morgan fingerprint density at radius 3 is 1.41 bits per heavy atom. The molecule has 3 aromatic carbocycles. The molecule has 0 fully saturated rings. The van der Waals surface area contributed by atoms with E-state index in [1.165, 1.54) is 27.9 Å². The van der Waals surface area contributed by atoms with E-state index in [1.54, 1.807) is 0 Å². The summed E-state index contributed by atoms with van der Waals surface area (Å²) in [6.07, 6.45) is 4.71. The fraction of sp³-hybridized carbons (Fsp3) is 0.231. The van der Waals surface area contributed by atoms with Crippen LogP contribution in [0.4, 0.5) is 0 Å². The van der Waals surface area contributed by atoms with Gasteiger partial charge in [-0.3, -0.25) is 0 Å². The van der Waals surface area contributed by atoms with Gasteiger partial charge in [-0.15, -0.1) is 0 Å². The van der Waals surface area contributed by atoms with E-state index in [4.69, 9.17) is 0 Å². The molecule has 27 heavy (non-hydrogen) atoms. The summed E-state index contributed by atoms with van der Waals surface area (Å²) in [5, 5.41) is 4.44. The maximum absolute atomic E-state index is 2.46. The van der Waals surface area contributed by atoms with Crippen molar-refractivity contribution < 1.29 is 0 Å². The summed E-state index contributed by atoms with van der Waals surface area (Å²) in [5.41, 5.74) is 1.98. The first-order valence-corrected chi connectivity index (χ1v) is 11.7. The molecule has 138 valence electrons. The molecule has 0 aliphatic heterocycles. The van der Waals surface area contributed by atoms with Gasteiger partial charge in [0.05, 0.1) is 5.66 Å². The highest BCUT2D eigenvalue weighted by Gasteiger charge is 2.49.